The second kappa shape index (κ2) is 6.66. The zero-order chi connectivity index (χ0) is 16.4. The molecule has 1 saturated heterocycles. The van der Waals surface area contributed by atoms with Gasteiger partial charge in [0.15, 0.2) is 0 Å². The largest absolute Gasteiger partial charge is 0.422 e. The summed E-state index contributed by atoms with van der Waals surface area (Å²) < 4.78 is 5.88. The number of rotatable bonds is 3. The van der Waals surface area contributed by atoms with Gasteiger partial charge in [0.25, 0.3) is 5.91 Å². The number of carbonyl (C=O) groups excluding carboxylic acids is 2. The maximum absolute atomic E-state index is 12.0. The predicted molar refractivity (Wildman–Crippen MR) is 96.7 cm³/mol. The van der Waals surface area contributed by atoms with E-state index in [1.165, 1.54) is 28.0 Å². The Morgan fingerprint density at radius 1 is 1.30 bits per heavy atom. The Balaban J connectivity index is 1.79. The van der Waals surface area contributed by atoms with Crippen LogP contribution < -0.4 is 4.74 Å². The zero-order valence-electron chi connectivity index (χ0n) is 12.0. The minimum atomic E-state index is -0.392. The zero-order valence-corrected chi connectivity index (χ0v) is 14.5. The van der Waals surface area contributed by atoms with Gasteiger partial charge < -0.3 is 4.74 Å². The predicted octanol–water partition coefficient (Wildman–Crippen LogP) is 3.80. The van der Waals surface area contributed by atoms with Crippen molar-refractivity contribution in [3.8, 4) is 5.75 Å². The molecule has 4 nitrogen and oxygen atoms in total. The summed E-state index contributed by atoms with van der Waals surface area (Å²) >= 11 is 7.68. The number of ether oxygens (including phenoxy) is 1. The molecule has 0 radical (unpaired) electrons. The van der Waals surface area contributed by atoms with Crippen LogP contribution in [0.1, 0.15) is 15.2 Å². The summed E-state index contributed by atoms with van der Waals surface area (Å²) in [5.74, 6) is -0.0813. The van der Waals surface area contributed by atoms with Gasteiger partial charge in [-0.15, -0.1) is 11.3 Å². The molecule has 0 bridgehead atoms. The molecule has 1 aromatic carbocycles. The van der Waals surface area contributed by atoms with Crippen LogP contribution in [0.5, 0.6) is 5.75 Å². The van der Waals surface area contributed by atoms with Gasteiger partial charge in [-0.3, -0.25) is 9.69 Å². The van der Waals surface area contributed by atoms with Gasteiger partial charge >= 0.3 is 5.97 Å². The third-order valence-electron chi connectivity index (χ3n) is 3.08. The van der Waals surface area contributed by atoms with E-state index in [-0.39, 0.29) is 5.91 Å². The number of likely N-dealkylation sites (N-methyl/N-ethyl adjacent to an activating group) is 1. The average Bonchev–Trinajstić information content (AvgIpc) is 3.14. The molecular formula is C16H11NO3S3. The molecule has 0 unspecified atom stereocenters. The lowest BCUT2D eigenvalue weighted by molar-refractivity contribution is -0.121. The Labute approximate surface area is 146 Å². The summed E-state index contributed by atoms with van der Waals surface area (Å²) in [6.07, 6.45) is 1.74. The lowest BCUT2D eigenvalue weighted by atomic mass is 10.2. The molecule has 116 valence electrons. The highest BCUT2D eigenvalue weighted by molar-refractivity contribution is 8.26. The average molecular weight is 361 g/mol. The van der Waals surface area contributed by atoms with Crippen molar-refractivity contribution < 1.29 is 14.3 Å². The maximum Gasteiger partial charge on any atom is 0.353 e. The van der Waals surface area contributed by atoms with Crippen molar-refractivity contribution in [3.63, 3.8) is 0 Å². The molecular weight excluding hydrogens is 350 g/mol. The molecule has 1 fully saturated rings. The minimum Gasteiger partial charge on any atom is -0.422 e. The number of thiocarbonyl (C=S) groups is 1. The summed E-state index contributed by atoms with van der Waals surface area (Å²) in [6.45, 7) is 0. The first kappa shape index (κ1) is 15.9. The molecule has 3 rings (SSSR count). The third-order valence-corrected chi connectivity index (χ3v) is 5.41. The molecule has 0 N–H and O–H groups in total. The van der Waals surface area contributed by atoms with Crippen LogP contribution in [0.2, 0.25) is 0 Å². The molecule has 1 amide bonds. The number of esters is 1. The monoisotopic (exact) mass is 361 g/mol. The SMILES string of the molecule is CN1C(=O)/C(=C/c2cccc(OC(=O)c3cccs3)c2)SC1=S. The number of carbonyl (C=O) groups is 2. The van der Waals surface area contributed by atoms with Crippen molar-refractivity contribution in [1.82, 2.24) is 4.90 Å². The fourth-order valence-electron chi connectivity index (χ4n) is 1.92. The fourth-order valence-corrected chi connectivity index (χ4v) is 3.70. The number of amides is 1. The van der Waals surface area contributed by atoms with E-state index in [4.69, 9.17) is 17.0 Å². The second-order valence-electron chi connectivity index (χ2n) is 4.68. The first-order valence-electron chi connectivity index (χ1n) is 6.62. The first-order valence-corrected chi connectivity index (χ1v) is 8.72. The van der Waals surface area contributed by atoms with Crippen LogP contribution >= 0.6 is 35.3 Å². The number of thiophene rings is 1. The highest BCUT2D eigenvalue weighted by Crippen LogP contribution is 2.31. The van der Waals surface area contributed by atoms with Crippen LogP contribution in [0.15, 0.2) is 46.7 Å². The quantitative estimate of drug-likeness (QED) is 0.360. The van der Waals surface area contributed by atoms with Crippen molar-refractivity contribution in [1.29, 1.82) is 0 Å². The molecule has 0 atom stereocenters. The second-order valence-corrected chi connectivity index (χ2v) is 7.30. The van der Waals surface area contributed by atoms with Crippen LogP contribution in [-0.4, -0.2) is 28.1 Å². The number of benzene rings is 1. The van der Waals surface area contributed by atoms with Gasteiger partial charge in [-0.25, -0.2) is 4.79 Å². The van der Waals surface area contributed by atoms with Crippen molar-refractivity contribution in [2.75, 3.05) is 7.05 Å². The van der Waals surface area contributed by atoms with Crippen molar-refractivity contribution in [3.05, 3.63) is 57.1 Å². The van der Waals surface area contributed by atoms with Crippen LogP contribution in [0.3, 0.4) is 0 Å². The molecule has 0 aliphatic carbocycles. The van der Waals surface area contributed by atoms with E-state index in [0.29, 0.717) is 19.9 Å². The number of thioether (sulfide) groups is 1. The first-order chi connectivity index (χ1) is 11.0. The third kappa shape index (κ3) is 3.52. The maximum atomic E-state index is 12.0. The van der Waals surface area contributed by atoms with Gasteiger partial charge in [-0.1, -0.05) is 42.2 Å². The standard InChI is InChI=1S/C16H11NO3S3/c1-17-14(18)13(23-16(17)21)9-10-4-2-5-11(8-10)20-15(19)12-6-3-7-22-12/h2-9H,1H3/b13-9-. The Bertz CT molecular complexity index is 812. The molecule has 1 aliphatic heterocycles. The smallest absolute Gasteiger partial charge is 0.353 e. The van der Waals surface area contributed by atoms with Gasteiger partial charge in [-0.05, 0) is 35.2 Å². The Kier molecular flexibility index (Phi) is 4.61. The molecule has 1 aliphatic rings. The highest BCUT2D eigenvalue weighted by atomic mass is 32.2. The molecule has 2 heterocycles. The van der Waals surface area contributed by atoms with E-state index in [1.807, 2.05) is 11.4 Å². The summed E-state index contributed by atoms with van der Waals surface area (Å²) in [7, 11) is 1.65. The highest BCUT2D eigenvalue weighted by Gasteiger charge is 2.28. The molecule has 2 aromatic rings. The van der Waals surface area contributed by atoms with E-state index < -0.39 is 5.97 Å². The van der Waals surface area contributed by atoms with E-state index in [0.717, 1.165) is 5.56 Å². The molecule has 23 heavy (non-hydrogen) atoms. The van der Waals surface area contributed by atoms with E-state index >= 15 is 0 Å². The van der Waals surface area contributed by atoms with E-state index in [1.54, 1.807) is 43.5 Å². The topological polar surface area (TPSA) is 46.6 Å². The van der Waals surface area contributed by atoms with Crippen LogP contribution in [-0.2, 0) is 4.79 Å². The van der Waals surface area contributed by atoms with Gasteiger partial charge in [0.2, 0.25) is 0 Å². The van der Waals surface area contributed by atoms with Crippen LogP contribution in [0, 0.1) is 0 Å². The Morgan fingerprint density at radius 3 is 2.78 bits per heavy atom. The minimum absolute atomic E-state index is 0.124. The van der Waals surface area contributed by atoms with Crippen molar-refractivity contribution in [2.45, 2.75) is 0 Å². The Morgan fingerprint density at radius 2 is 2.13 bits per heavy atom. The van der Waals surface area contributed by atoms with E-state index in [2.05, 4.69) is 0 Å². The molecule has 7 heteroatoms. The van der Waals surface area contributed by atoms with Crippen molar-refractivity contribution >= 4 is 57.6 Å². The molecule has 0 spiro atoms. The summed E-state index contributed by atoms with van der Waals surface area (Å²) in [4.78, 5) is 26.5. The lowest BCUT2D eigenvalue weighted by Gasteiger charge is -2.04. The molecule has 0 saturated carbocycles. The van der Waals surface area contributed by atoms with Crippen molar-refractivity contribution in [2.24, 2.45) is 0 Å². The summed E-state index contributed by atoms with van der Waals surface area (Å²) in [6, 6.07) is 10.5. The lowest BCUT2D eigenvalue weighted by Crippen LogP contribution is -2.22. The van der Waals surface area contributed by atoms with Gasteiger partial charge in [0.1, 0.15) is 14.9 Å². The van der Waals surface area contributed by atoms with E-state index in [9.17, 15) is 9.59 Å². The number of nitrogens with zero attached hydrogens (tertiary/aromatic N) is 1. The normalized spacial score (nSPS) is 16.2. The van der Waals surface area contributed by atoms with Gasteiger partial charge in [0.05, 0.1) is 4.91 Å². The Hall–Kier alpha value is -1.96. The van der Waals surface area contributed by atoms with Gasteiger partial charge in [0, 0.05) is 7.05 Å². The molecule has 1 aromatic heterocycles. The fraction of sp³-hybridized carbons (Fsp3) is 0.0625. The van der Waals surface area contributed by atoms with Gasteiger partial charge in [-0.2, -0.15) is 0 Å². The van der Waals surface area contributed by atoms with Crippen LogP contribution in [0.4, 0.5) is 0 Å². The van der Waals surface area contributed by atoms with Crippen LogP contribution in [0.25, 0.3) is 6.08 Å². The number of hydrogen-bond donors (Lipinski definition) is 0. The summed E-state index contributed by atoms with van der Waals surface area (Å²) in [5, 5.41) is 1.82. The number of hydrogen-bond acceptors (Lipinski definition) is 6. The summed E-state index contributed by atoms with van der Waals surface area (Å²) in [5.41, 5.74) is 0.774.